The smallest absolute Gasteiger partial charge is 0.0552 e. The predicted octanol–water partition coefficient (Wildman–Crippen LogP) is 0.966. The van der Waals surface area contributed by atoms with Gasteiger partial charge >= 0.3 is 0 Å². The highest BCUT2D eigenvalue weighted by atomic mass is 32.2. The van der Waals surface area contributed by atoms with Crippen LogP contribution in [-0.4, -0.2) is 26.9 Å². The number of aliphatic hydroxyl groups is 1. The minimum Gasteiger partial charge on any atom is -0.393 e. The van der Waals surface area contributed by atoms with Gasteiger partial charge in [0.1, 0.15) is 0 Å². The summed E-state index contributed by atoms with van der Waals surface area (Å²) >= 11 is 0. The molecule has 1 fully saturated rings. The summed E-state index contributed by atoms with van der Waals surface area (Å²) in [5, 5.41) is 9.16. The van der Waals surface area contributed by atoms with Crippen LogP contribution >= 0.6 is 0 Å². The van der Waals surface area contributed by atoms with Crippen molar-refractivity contribution < 1.29 is 9.32 Å². The van der Waals surface area contributed by atoms with Crippen LogP contribution in [0.5, 0.6) is 0 Å². The number of hydrogen-bond acceptors (Lipinski definition) is 3. The Kier molecular flexibility index (Phi) is 2.54. The van der Waals surface area contributed by atoms with Gasteiger partial charge in [-0.1, -0.05) is 0 Å². The van der Waals surface area contributed by atoms with E-state index in [4.69, 9.17) is 4.78 Å². The van der Waals surface area contributed by atoms with E-state index >= 15 is 0 Å². The van der Waals surface area contributed by atoms with Crippen LogP contribution in [0.3, 0.4) is 0 Å². The maximum absolute atomic E-state index is 11.2. The zero-order valence-corrected chi connectivity index (χ0v) is 7.56. The number of hydrogen-bond donors (Lipinski definition) is 2. The highest BCUT2D eigenvalue weighted by Crippen LogP contribution is 2.23. The highest BCUT2D eigenvalue weighted by molar-refractivity contribution is 7.92. The molecule has 0 aromatic carbocycles. The number of aliphatic hydroxyl groups excluding tert-OH is 1. The van der Waals surface area contributed by atoms with Gasteiger partial charge in [-0.2, -0.15) is 0 Å². The average Bonchev–Trinajstić information content (AvgIpc) is 1.86. The van der Waals surface area contributed by atoms with Gasteiger partial charge in [0.2, 0.25) is 0 Å². The summed E-state index contributed by atoms with van der Waals surface area (Å²) in [5.74, 6) is 0. The van der Waals surface area contributed by atoms with Crippen molar-refractivity contribution in [3.63, 3.8) is 0 Å². The lowest BCUT2D eigenvalue weighted by Gasteiger charge is -2.25. The van der Waals surface area contributed by atoms with Crippen LogP contribution in [0.25, 0.3) is 0 Å². The van der Waals surface area contributed by atoms with Crippen molar-refractivity contribution in [2.75, 3.05) is 6.26 Å². The molecule has 1 aliphatic carbocycles. The summed E-state index contributed by atoms with van der Waals surface area (Å²) in [6.45, 7) is 0. The van der Waals surface area contributed by atoms with Crippen LogP contribution in [0.4, 0.5) is 0 Å². The molecule has 0 saturated heterocycles. The molecule has 3 nitrogen and oxygen atoms in total. The van der Waals surface area contributed by atoms with Gasteiger partial charge in [0.05, 0.1) is 6.10 Å². The summed E-state index contributed by atoms with van der Waals surface area (Å²) in [6, 6.07) is 0. The maximum Gasteiger partial charge on any atom is 0.0552 e. The molecule has 0 radical (unpaired) electrons. The van der Waals surface area contributed by atoms with Crippen molar-refractivity contribution >= 4 is 9.73 Å². The molecule has 1 unspecified atom stereocenters. The maximum atomic E-state index is 11.2. The Bertz CT molecular complexity index is 223. The van der Waals surface area contributed by atoms with Crippen LogP contribution in [0.15, 0.2) is 0 Å². The van der Waals surface area contributed by atoms with E-state index in [0.717, 1.165) is 19.3 Å². The van der Waals surface area contributed by atoms with Crippen molar-refractivity contribution in [2.45, 2.75) is 37.0 Å². The number of nitrogens with one attached hydrogen (secondary N) is 1. The van der Waals surface area contributed by atoms with Gasteiger partial charge in [-0.25, -0.2) is 4.21 Å². The third-order valence-corrected chi connectivity index (χ3v) is 3.93. The summed E-state index contributed by atoms with van der Waals surface area (Å²) in [4.78, 5) is 0. The van der Waals surface area contributed by atoms with E-state index in [0.29, 0.717) is 6.42 Å². The summed E-state index contributed by atoms with van der Waals surface area (Å²) in [7, 11) is -2.42. The minimum absolute atomic E-state index is 0.0775. The van der Waals surface area contributed by atoms with Crippen LogP contribution in [0, 0.1) is 4.78 Å². The predicted molar refractivity (Wildman–Crippen MR) is 45.0 cm³/mol. The Hall–Kier alpha value is -0.0900. The average molecular weight is 177 g/mol. The summed E-state index contributed by atoms with van der Waals surface area (Å²) in [5.41, 5.74) is 0. The van der Waals surface area contributed by atoms with Gasteiger partial charge < -0.3 is 5.11 Å². The molecule has 4 heteroatoms. The fourth-order valence-corrected chi connectivity index (χ4v) is 2.73. The van der Waals surface area contributed by atoms with E-state index < -0.39 is 9.73 Å². The molecule has 0 aromatic heterocycles. The van der Waals surface area contributed by atoms with Crippen molar-refractivity contribution in [3.05, 3.63) is 0 Å². The molecule has 0 amide bonds. The highest BCUT2D eigenvalue weighted by Gasteiger charge is 2.25. The second kappa shape index (κ2) is 3.11. The molecule has 11 heavy (non-hydrogen) atoms. The molecule has 66 valence electrons. The largest absolute Gasteiger partial charge is 0.393 e. The van der Waals surface area contributed by atoms with Crippen molar-refractivity contribution in [1.29, 1.82) is 4.78 Å². The Morgan fingerprint density at radius 1 is 1.55 bits per heavy atom. The van der Waals surface area contributed by atoms with Gasteiger partial charge in [-0.3, -0.25) is 4.78 Å². The first-order valence-corrected chi connectivity index (χ1v) is 5.94. The molecule has 1 aliphatic rings. The first kappa shape index (κ1) is 9.00. The molecule has 1 saturated carbocycles. The molecule has 1 rings (SSSR count). The van der Waals surface area contributed by atoms with Crippen LogP contribution in [0.2, 0.25) is 0 Å². The van der Waals surface area contributed by atoms with Crippen LogP contribution < -0.4 is 0 Å². The first-order valence-electron chi connectivity index (χ1n) is 3.91. The molecule has 3 atom stereocenters. The second-order valence-corrected chi connectivity index (χ2v) is 5.82. The van der Waals surface area contributed by atoms with E-state index in [1.54, 1.807) is 0 Å². The number of rotatable bonds is 1. The van der Waals surface area contributed by atoms with Crippen molar-refractivity contribution in [1.82, 2.24) is 0 Å². The van der Waals surface area contributed by atoms with Gasteiger partial charge in [-0.05, 0) is 25.7 Å². The lowest BCUT2D eigenvalue weighted by atomic mass is 9.97. The standard InChI is InChI=1S/C7H15NO2S/c1-11(8,10)7-4-2-3-6(9)5-7/h6-9H,2-5H2,1H3/t6-,7+,11?/m0/s1. The monoisotopic (exact) mass is 177 g/mol. The molecule has 2 N–H and O–H groups in total. The third kappa shape index (κ3) is 2.45. The Morgan fingerprint density at radius 2 is 2.18 bits per heavy atom. The molecule has 0 bridgehead atoms. The van der Waals surface area contributed by atoms with E-state index in [1.165, 1.54) is 6.26 Å². The summed E-state index contributed by atoms with van der Waals surface area (Å²) in [6.07, 6.45) is 4.27. The lowest BCUT2D eigenvalue weighted by Crippen LogP contribution is -2.29. The zero-order chi connectivity index (χ0) is 8.48. The second-order valence-electron chi connectivity index (χ2n) is 3.35. The fourth-order valence-electron chi connectivity index (χ4n) is 1.53. The lowest BCUT2D eigenvalue weighted by molar-refractivity contribution is 0.132. The first-order chi connectivity index (χ1) is 5.00. The van der Waals surface area contributed by atoms with Crippen LogP contribution in [-0.2, 0) is 9.73 Å². The molecular formula is C7H15NO2S. The van der Waals surface area contributed by atoms with Gasteiger partial charge in [0.25, 0.3) is 0 Å². The molecular weight excluding hydrogens is 162 g/mol. The van der Waals surface area contributed by atoms with E-state index in [-0.39, 0.29) is 11.4 Å². The Morgan fingerprint density at radius 3 is 2.55 bits per heavy atom. The zero-order valence-electron chi connectivity index (χ0n) is 6.75. The molecule has 0 spiro atoms. The molecule has 0 aliphatic heterocycles. The quantitative estimate of drug-likeness (QED) is 0.627. The Balaban J connectivity index is 2.60. The molecule has 0 heterocycles. The topological polar surface area (TPSA) is 61.2 Å². The van der Waals surface area contributed by atoms with E-state index in [2.05, 4.69) is 0 Å². The normalized spacial score (nSPS) is 38.0. The SMILES string of the molecule is CS(=N)(=O)[C@@H]1CCC[C@H](O)C1. The van der Waals surface area contributed by atoms with Crippen molar-refractivity contribution in [3.8, 4) is 0 Å². The minimum atomic E-state index is -2.42. The summed E-state index contributed by atoms with van der Waals surface area (Å²) < 4.78 is 18.6. The van der Waals surface area contributed by atoms with Gasteiger partial charge in [-0.15, -0.1) is 0 Å². The molecule has 0 aromatic rings. The Labute approximate surface area is 67.8 Å². The fraction of sp³-hybridized carbons (Fsp3) is 1.00. The van der Waals surface area contributed by atoms with E-state index in [9.17, 15) is 9.32 Å². The van der Waals surface area contributed by atoms with Gasteiger partial charge in [0.15, 0.2) is 0 Å². The van der Waals surface area contributed by atoms with Crippen LogP contribution in [0.1, 0.15) is 25.7 Å². The van der Waals surface area contributed by atoms with Gasteiger partial charge in [0, 0.05) is 21.2 Å². The van der Waals surface area contributed by atoms with Crippen molar-refractivity contribution in [2.24, 2.45) is 0 Å². The van der Waals surface area contributed by atoms with E-state index in [1.807, 2.05) is 0 Å². The third-order valence-electron chi connectivity index (χ3n) is 2.23.